The van der Waals surface area contributed by atoms with Crippen LogP contribution < -0.4 is 10.1 Å². The number of ether oxygens (including phenoxy) is 1. The van der Waals surface area contributed by atoms with Crippen LogP contribution in [0, 0.1) is 0 Å². The molecule has 5 heteroatoms. The van der Waals surface area contributed by atoms with Gasteiger partial charge in [0.15, 0.2) is 12.4 Å². The topological polar surface area (TPSA) is 60.2 Å². The van der Waals surface area contributed by atoms with Crippen molar-refractivity contribution < 1.29 is 9.26 Å². The van der Waals surface area contributed by atoms with Gasteiger partial charge in [0.2, 0.25) is 0 Å². The number of aromatic nitrogens is 2. The lowest BCUT2D eigenvalue weighted by Crippen LogP contribution is -2.21. The molecule has 0 aliphatic rings. The minimum absolute atomic E-state index is 0.302. The Labute approximate surface area is 119 Å². The summed E-state index contributed by atoms with van der Waals surface area (Å²) < 4.78 is 10.7. The van der Waals surface area contributed by atoms with Crippen LogP contribution in [0.15, 0.2) is 28.8 Å². The first-order valence-electron chi connectivity index (χ1n) is 6.94. The average Bonchev–Trinajstić information content (AvgIpc) is 2.92. The Morgan fingerprint density at radius 1 is 1.25 bits per heavy atom. The molecule has 2 rings (SSSR count). The fourth-order valence-corrected chi connectivity index (χ4v) is 1.66. The van der Waals surface area contributed by atoms with E-state index in [0.717, 1.165) is 18.7 Å². The summed E-state index contributed by atoms with van der Waals surface area (Å²) in [7, 11) is 0. The quantitative estimate of drug-likeness (QED) is 0.842. The van der Waals surface area contributed by atoms with Gasteiger partial charge in [-0.25, -0.2) is 0 Å². The van der Waals surface area contributed by atoms with Gasteiger partial charge in [0.25, 0.3) is 5.89 Å². The third-order valence-electron chi connectivity index (χ3n) is 2.83. The third-order valence-corrected chi connectivity index (χ3v) is 2.83. The Morgan fingerprint density at radius 2 is 2.00 bits per heavy atom. The highest BCUT2D eigenvalue weighted by Gasteiger charge is 2.05. The van der Waals surface area contributed by atoms with Gasteiger partial charge >= 0.3 is 0 Å². The molecule has 0 saturated carbocycles. The number of hydrogen-bond acceptors (Lipinski definition) is 5. The molecule has 0 atom stereocenters. The molecule has 0 bridgehead atoms. The lowest BCUT2D eigenvalue weighted by Gasteiger charge is -2.09. The van der Waals surface area contributed by atoms with Crippen molar-refractivity contribution in [2.45, 2.75) is 46.4 Å². The fraction of sp³-hybridized carbons (Fsp3) is 0.467. The molecule has 0 saturated heterocycles. The van der Waals surface area contributed by atoms with Crippen LogP contribution in [0.3, 0.4) is 0 Å². The van der Waals surface area contributed by atoms with E-state index >= 15 is 0 Å². The predicted octanol–water partition coefficient (Wildman–Crippen LogP) is 2.71. The Morgan fingerprint density at radius 3 is 2.60 bits per heavy atom. The van der Waals surface area contributed by atoms with Gasteiger partial charge in [-0.2, -0.15) is 4.98 Å². The van der Waals surface area contributed by atoms with Gasteiger partial charge in [0, 0.05) is 19.0 Å². The van der Waals surface area contributed by atoms with E-state index in [1.54, 1.807) is 0 Å². The first-order valence-corrected chi connectivity index (χ1v) is 6.94. The normalized spacial score (nSPS) is 11.0. The minimum atomic E-state index is 0.302. The van der Waals surface area contributed by atoms with E-state index in [2.05, 4.69) is 41.4 Å². The highest BCUT2D eigenvalue weighted by Crippen LogP contribution is 2.14. The van der Waals surface area contributed by atoms with Gasteiger partial charge in [-0.05, 0) is 17.7 Å². The summed E-state index contributed by atoms with van der Waals surface area (Å²) in [6.45, 7) is 7.41. The van der Waals surface area contributed by atoms with Crippen molar-refractivity contribution in [3.8, 4) is 5.75 Å². The molecule has 0 fully saturated rings. The summed E-state index contributed by atoms with van der Waals surface area (Å²) in [4.78, 5) is 4.20. The van der Waals surface area contributed by atoms with E-state index in [1.165, 1.54) is 5.56 Å². The third kappa shape index (κ3) is 4.35. The molecule has 0 radical (unpaired) electrons. The second-order valence-corrected chi connectivity index (χ2v) is 4.93. The molecule has 2 aromatic rings. The Bertz CT molecular complexity index is 520. The van der Waals surface area contributed by atoms with E-state index in [9.17, 15) is 0 Å². The van der Waals surface area contributed by atoms with E-state index in [1.807, 2.05) is 19.1 Å². The maximum absolute atomic E-state index is 5.61. The largest absolute Gasteiger partial charge is 0.484 e. The number of benzene rings is 1. The van der Waals surface area contributed by atoms with Crippen LogP contribution in [0.2, 0.25) is 0 Å². The molecule has 108 valence electrons. The molecule has 1 aromatic carbocycles. The lowest BCUT2D eigenvalue weighted by molar-refractivity contribution is 0.242. The van der Waals surface area contributed by atoms with Crippen molar-refractivity contribution in [1.29, 1.82) is 0 Å². The molecule has 0 spiro atoms. The van der Waals surface area contributed by atoms with E-state index in [-0.39, 0.29) is 0 Å². The molecule has 20 heavy (non-hydrogen) atoms. The highest BCUT2D eigenvalue weighted by molar-refractivity contribution is 5.27. The van der Waals surface area contributed by atoms with Crippen LogP contribution in [0.1, 0.15) is 38.0 Å². The zero-order valence-corrected chi connectivity index (χ0v) is 12.2. The summed E-state index contributed by atoms with van der Waals surface area (Å²) in [6, 6.07) is 8.49. The van der Waals surface area contributed by atoms with Crippen LogP contribution in [0.4, 0.5) is 0 Å². The summed E-state index contributed by atoms with van der Waals surface area (Å²) >= 11 is 0. The lowest BCUT2D eigenvalue weighted by atomic mass is 10.2. The van der Waals surface area contributed by atoms with Gasteiger partial charge in [-0.1, -0.05) is 38.1 Å². The molecule has 1 heterocycles. The smallest absolute Gasteiger partial charge is 0.264 e. The minimum Gasteiger partial charge on any atom is -0.484 e. The van der Waals surface area contributed by atoms with E-state index < -0.39 is 0 Å². The SMILES string of the molecule is CCc1noc(COc2ccc(CNC(C)C)cc2)n1. The standard InChI is InChI=1S/C15H21N3O2/c1-4-14-17-15(20-18-14)10-19-13-7-5-12(6-8-13)9-16-11(2)3/h5-8,11,16H,4,9-10H2,1-3H3. The van der Waals surface area contributed by atoms with Crippen molar-refractivity contribution in [1.82, 2.24) is 15.5 Å². The van der Waals surface area contributed by atoms with Gasteiger partial charge < -0.3 is 14.6 Å². The second kappa shape index (κ2) is 7.05. The number of rotatable bonds is 7. The Balaban J connectivity index is 1.84. The van der Waals surface area contributed by atoms with Crippen LogP contribution in [-0.4, -0.2) is 16.2 Å². The Hall–Kier alpha value is -1.88. The van der Waals surface area contributed by atoms with Crippen molar-refractivity contribution >= 4 is 0 Å². The van der Waals surface area contributed by atoms with Gasteiger partial charge in [-0.15, -0.1) is 0 Å². The number of hydrogen-bond donors (Lipinski definition) is 1. The fourth-order valence-electron chi connectivity index (χ4n) is 1.66. The maximum Gasteiger partial charge on any atom is 0.264 e. The first kappa shape index (κ1) is 14.5. The van der Waals surface area contributed by atoms with Crippen molar-refractivity contribution in [3.05, 3.63) is 41.5 Å². The summed E-state index contributed by atoms with van der Waals surface area (Å²) in [5, 5.41) is 7.20. The maximum atomic E-state index is 5.61. The van der Waals surface area contributed by atoms with Crippen LogP contribution in [0.5, 0.6) is 5.75 Å². The molecular weight excluding hydrogens is 254 g/mol. The van der Waals surface area contributed by atoms with Crippen LogP contribution in [0.25, 0.3) is 0 Å². The van der Waals surface area contributed by atoms with Gasteiger partial charge in [0.1, 0.15) is 5.75 Å². The molecule has 0 unspecified atom stereocenters. The number of nitrogens with one attached hydrogen (secondary N) is 1. The van der Waals surface area contributed by atoms with Gasteiger partial charge in [0.05, 0.1) is 0 Å². The number of aryl methyl sites for hydroxylation is 1. The van der Waals surface area contributed by atoms with Crippen molar-refractivity contribution in [3.63, 3.8) is 0 Å². The zero-order chi connectivity index (χ0) is 14.4. The van der Waals surface area contributed by atoms with Crippen molar-refractivity contribution in [2.24, 2.45) is 0 Å². The average molecular weight is 275 g/mol. The summed E-state index contributed by atoms with van der Waals surface area (Å²) in [5.74, 6) is 2.01. The van der Waals surface area contributed by atoms with Crippen LogP contribution in [-0.2, 0) is 19.6 Å². The van der Waals surface area contributed by atoms with Crippen LogP contribution >= 0.6 is 0 Å². The number of nitrogens with zero attached hydrogens (tertiary/aromatic N) is 2. The van der Waals surface area contributed by atoms with Gasteiger partial charge in [-0.3, -0.25) is 0 Å². The zero-order valence-electron chi connectivity index (χ0n) is 12.2. The Kier molecular flexibility index (Phi) is 5.12. The molecule has 1 aromatic heterocycles. The second-order valence-electron chi connectivity index (χ2n) is 4.93. The predicted molar refractivity (Wildman–Crippen MR) is 76.4 cm³/mol. The van der Waals surface area contributed by atoms with E-state index in [4.69, 9.17) is 9.26 Å². The van der Waals surface area contributed by atoms with Crippen molar-refractivity contribution in [2.75, 3.05) is 0 Å². The summed E-state index contributed by atoms with van der Waals surface area (Å²) in [5.41, 5.74) is 1.23. The molecule has 0 amide bonds. The molecule has 1 N–H and O–H groups in total. The molecular formula is C15H21N3O2. The van der Waals surface area contributed by atoms with E-state index in [0.29, 0.717) is 24.4 Å². The molecule has 0 aliphatic carbocycles. The monoisotopic (exact) mass is 275 g/mol. The highest BCUT2D eigenvalue weighted by atomic mass is 16.5. The summed E-state index contributed by atoms with van der Waals surface area (Å²) in [6.07, 6.45) is 0.765. The first-order chi connectivity index (χ1) is 9.67. The molecule has 5 nitrogen and oxygen atoms in total. The molecule has 0 aliphatic heterocycles.